The van der Waals surface area contributed by atoms with Gasteiger partial charge in [-0.05, 0) is 55.0 Å². The normalized spacial score (nSPS) is 11.5. The molecule has 124 valence electrons. The fourth-order valence-corrected chi connectivity index (χ4v) is 3.82. The fraction of sp³-hybridized carbons (Fsp3) is 0.111. The molecule has 24 heavy (non-hydrogen) atoms. The maximum atomic E-state index is 12.9. The van der Waals surface area contributed by atoms with Crippen LogP contribution in [0, 0.1) is 6.92 Å². The quantitative estimate of drug-likeness (QED) is 0.674. The van der Waals surface area contributed by atoms with E-state index in [0.717, 1.165) is 11.1 Å². The van der Waals surface area contributed by atoms with E-state index >= 15 is 0 Å². The van der Waals surface area contributed by atoms with Crippen molar-refractivity contribution in [2.45, 2.75) is 11.8 Å². The Balaban J connectivity index is 2.04. The lowest BCUT2D eigenvalue weighted by Crippen LogP contribution is -2.27. The SMILES string of the molecule is Cc1ccc(-c2ccco2)cc1N(C)S(=O)(=O)c1ccc(Cl)cc1. The summed E-state index contributed by atoms with van der Waals surface area (Å²) >= 11 is 5.84. The molecule has 0 aliphatic rings. The summed E-state index contributed by atoms with van der Waals surface area (Å²) < 4.78 is 32.4. The smallest absolute Gasteiger partial charge is 0.264 e. The van der Waals surface area contributed by atoms with Crippen LogP contribution < -0.4 is 4.31 Å². The monoisotopic (exact) mass is 361 g/mol. The molecule has 0 amide bonds. The van der Waals surface area contributed by atoms with Crippen LogP contribution in [0.25, 0.3) is 11.3 Å². The van der Waals surface area contributed by atoms with Gasteiger partial charge < -0.3 is 4.42 Å². The molecule has 0 aliphatic heterocycles. The van der Waals surface area contributed by atoms with Crippen LogP contribution in [0.2, 0.25) is 5.02 Å². The Labute approximate surface area is 146 Å². The van der Waals surface area contributed by atoms with Gasteiger partial charge in [-0.2, -0.15) is 0 Å². The highest BCUT2D eigenvalue weighted by Crippen LogP contribution is 2.31. The van der Waals surface area contributed by atoms with Gasteiger partial charge in [-0.15, -0.1) is 0 Å². The Morgan fingerprint density at radius 2 is 1.75 bits per heavy atom. The van der Waals surface area contributed by atoms with Gasteiger partial charge >= 0.3 is 0 Å². The number of rotatable bonds is 4. The van der Waals surface area contributed by atoms with Crippen molar-refractivity contribution in [2.24, 2.45) is 0 Å². The van der Waals surface area contributed by atoms with E-state index in [1.165, 1.54) is 23.5 Å². The number of aryl methyl sites for hydroxylation is 1. The van der Waals surface area contributed by atoms with E-state index in [1.54, 1.807) is 24.5 Å². The maximum absolute atomic E-state index is 12.9. The molecule has 0 radical (unpaired) electrons. The van der Waals surface area contributed by atoms with E-state index < -0.39 is 10.0 Å². The molecule has 0 spiro atoms. The van der Waals surface area contributed by atoms with Crippen molar-refractivity contribution in [1.82, 2.24) is 0 Å². The zero-order chi connectivity index (χ0) is 17.3. The van der Waals surface area contributed by atoms with Crippen LogP contribution in [0.3, 0.4) is 0 Å². The van der Waals surface area contributed by atoms with Crippen LogP contribution in [0.5, 0.6) is 0 Å². The average Bonchev–Trinajstić information content (AvgIpc) is 3.09. The van der Waals surface area contributed by atoms with Crippen LogP contribution in [0.1, 0.15) is 5.56 Å². The minimum Gasteiger partial charge on any atom is -0.464 e. The Hall–Kier alpha value is -2.24. The summed E-state index contributed by atoms with van der Waals surface area (Å²) in [5, 5.41) is 0.493. The molecule has 1 heterocycles. The van der Waals surface area contributed by atoms with E-state index in [1.807, 2.05) is 31.2 Å². The zero-order valence-corrected chi connectivity index (χ0v) is 14.8. The molecule has 0 N–H and O–H groups in total. The van der Waals surface area contributed by atoms with Crippen molar-refractivity contribution in [1.29, 1.82) is 0 Å². The predicted octanol–water partition coefficient (Wildman–Crippen LogP) is 4.73. The van der Waals surface area contributed by atoms with Crippen molar-refractivity contribution in [3.8, 4) is 11.3 Å². The van der Waals surface area contributed by atoms with E-state index in [4.69, 9.17) is 16.0 Å². The molecule has 0 saturated heterocycles. The Kier molecular flexibility index (Phi) is 4.39. The van der Waals surface area contributed by atoms with Gasteiger partial charge in [-0.3, -0.25) is 4.31 Å². The average molecular weight is 362 g/mol. The second-order valence-corrected chi connectivity index (χ2v) is 7.81. The summed E-state index contributed by atoms with van der Waals surface area (Å²) in [5.74, 6) is 0.688. The number of hydrogen-bond donors (Lipinski definition) is 0. The van der Waals surface area contributed by atoms with Gasteiger partial charge in [-0.1, -0.05) is 23.7 Å². The summed E-state index contributed by atoms with van der Waals surface area (Å²) in [4.78, 5) is 0.192. The minimum atomic E-state index is -3.67. The summed E-state index contributed by atoms with van der Waals surface area (Å²) in [7, 11) is -2.13. The number of benzene rings is 2. The lowest BCUT2D eigenvalue weighted by atomic mass is 10.1. The number of sulfonamides is 1. The first-order chi connectivity index (χ1) is 11.4. The lowest BCUT2D eigenvalue weighted by Gasteiger charge is -2.22. The van der Waals surface area contributed by atoms with Gasteiger partial charge in [0.1, 0.15) is 5.76 Å². The number of nitrogens with zero attached hydrogens (tertiary/aromatic N) is 1. The van der Waals surface area contributed by atoms with Crippen molar-refractivity contribution in [3.05, 3.63) is 71.4 Å². The largest absolute Gasteiger partial charge is 0.464 e. The van der Waals surface area contributed by atoms with Crippen LogP contribution in [0.15, 0.2) is 70.2 Å². The molecule has 6 heteroatoms. The van der Waals surface area contributed by atoms with E-state index in [-0.39, 0.29) is 4.90 Å². The standard InChI is InChI=1S/C18H16ClNO3S/c1-13-5-6-14(18-4-3-11-23-18)12-17(13)20(2)24(21,22)16-9-7-15(19)8-10-16/h3-12H,1-2H3. The number of halogens is 1. The van der Waals surface area contributed by atoms with Crippen LogP contribution in [-0.2, 0) is 10.0 Å². The molecule has 0 atom stereocenters. The molecular formula is C18H16ClNO3S. The zero-order valence-electron chi connectivity index (χ0n) is 13.2. The van der Waals surface area contributed by atoms with Gasteiger partial charge in [0.05, 0.1) is 16.8 Å². The Morgan fingerprint density at radius 3 is 2.38 bits per heavy atom. The lowest BCUT2D eigenvalue weighted by molar-refractivity contribution is 0.582. The van der Waals surface area contributed by atoms with Gasteiger partial charge in [0.2, 0.25) is 0 Å². The first-order valence-corrected chi connectivity index (χ1v) is 9.10. The molecule has 0 unspecified atom stereocenters. The second-order valence-electron chi connectivity index (χ2n) is 5.41. The topological polar surface area (TPSA) is 50.5 Å². The van der Waals surface area contributed by atoms with Gasteiger partial charge in [-0.25, -0.2) is 8.42 Å². The highest BCUT2D eigenvalue weighted by molar-refractivity contribution is 7.92. The van der Waals surface area contributed by atoms with Crippen molar-refractivity contribution < 1.29 is 12.8 Å². The van der Waals surface area contributed by atoms with Gasteiger partial charge in [0, 0.05) is 17.6 Å². The highest BCUT2D eigenvalue weighted by atomic mass is 35.5. The molecule has 0 aliphatic carbocycles. The van der Waals surface area contributed by atoms with Crippen LogP contribution in [-0.4, -0.2) is 15.5 Å². The van der Waals surface area contributed by atoms with Crippen LogP contribution >= 0.6 is 11.6 Å². The second kappa shape index (κ2) is 6.34. The Bertz CT molecular complexity index is 948. The molecular weight excluding hydrogens is 346 g/mol. The van der Waals surface area contributed by atoms with E-state index in [9.17, 15) is 8.42 Å². The molecule has 1 aromatic heterocycles. The van der Waals surface area contributed by atoms with Crippen molar-refractivity contribution in [3.63, 3.8) is 0 Å². The first-order valence-electron chi connectivity index (χ1n) is 7.28. The molecule has 3 rings (SSSR count). The fourth-order valence-electron chi connectivity index (χ4n) is 2.44. The molecule has 0 saturated carbocycles. The molecule has 2 aromatic carbocycles. The molecule has 3 aromatic rings. The van der Waals surface area contributed by atoms with Gasteiger partial charge in [0.25, 0.3) is 10.0 Å². The molecule has 0 bridgehead atoms. The molecule has 0 fully saturated rings. The third kappa shape index (κ3) is 3.05. The van der Waals surface area contributed by atoms with E-state index in [0.29, 0.717) is 16.5 Å². The van der Waals surface area contributed by atoms with E-state index in [2.05, 4.69) is 0 Å². The third-order valence-electron chi connectivity index (χ3n) is 3.83. The number of furan rings is 1. The molecule has 4 nitrogen and oxygen atoms in total. The van der Waals surface area contributed by atoms with Gasteiger partial charge in [0.15, 0.2) is 0 Å². The summed E-state index contributed by atoms with van der Waals surface area (Å²) in [6.45, 7) is 1.87. The highest BCUT2D eigenvalue weighted by Gasteiger charge is 2.23. The number of anilines is 1. The minimum absolute atomic E-state index is 0.192. The van der Waals surface area contributed by atoms with Crippen molar-refractivity contribution in [2.75, 3.05) is 11.4 Å². The van der Waals surface area contributed by atoms with Crippen molar-refractivity contribution >= 4 is 27.3 Å². The Morgan fingerprint density at radius 1 is 1.04 bits per heavy atom. The summed E-state index contributed by atoms with van der Waals surface area (Å²) in [5.41, 5.74) is 2.27. The summed E-state index contributed by atoms with van der Waals surface area (Å²) in [6, 6.07) is 15.3. The first kappa shape index (κ1) is 16.6. The third-order valence-corrected chi connectivity index (χ3v) is 5.86. The van der Waals surface area contributed by atoms with Crippen LogP contribution in [0.4, 0.5) is 5.69 Å². The number of hydrogen-bond acceptors (Lipinski definition) is 3. The summed E-state index contributed by atoms with van der Waals surface area (Å²) in [6.07, 6.45) is 1.59. The maximum Gasteiger partial charge on any atom is 0.264 e. The predicted molar refractivity (Wildman–Crippen MR) is 95.9 cm³/mol.